The largest absolute Gasteiger partial charge is 0.378 e. The molecule has 44 heavy (non-hydrogen) atoms. The Morgan fingerprint density at radius 3 is 2.66 bits per heavy atom. The molecule has 1 aromatic carbocycles. The molecule has 5 nitrogen and oxygen atoms in total. The summed E-state index contributed by atoms with van der Waals surface area (Å²) in [5.41, 5.74) is 6.07. The zero-order chi connectivity index (χ0) is 30.4. The first-order valence-electron chi connectivity index (χ1n) is 17.9. The number of carbonyl (C=O) groups excluding carboxylic acids is 1. The summed E-state index contributed by atoms with van der Waals surface area (Å²) in [6, 6.07) is 10.8. The van der Waals surface area contributed by atoms with Crippen molar-refractivity contribution in [1.29, 1.82) is 0 Å². The van der Waals surface area contributed by atoms with Gasteiger partial charge in [0.1, 0.15) is 0 Å². The predicted molar refractivity (Wildman–Crippen MR) is 174 cm³/mol. The van der Waals surface area contributed by atoms with Crippen LogP contribution < -0.4 is 0 Å². The van der Waals surface area contributed by atoms with Gasteiger partial charge in [0.05, 0.1) is 38.1 Å². The van der Waals surface area contributed by atoms with E-state index in [9.17, 15) is 4.79 Å². The first kappa shape index (κ1) is 30.8. The topological polar surface area (TPSA) is 48.0 Å². The van der Waals surface area contributed by atoms with Crippen LogP contribution in [0.2, 0.25) is 0 Å². The second kappa shape index (κ2) is 12.8. The average molecular weight is 602 g/mol. The zero-order valence-corrected chi connectivity index (χ0v) is 27.6. The Morgan fingerprint density at radius 1 is 1.00 bits per heavy atom. The molecular weight excluding hydrogens is 546 g/mol. The number of allylic oxidation sites excluding steroid dienone is 3. The summed E-state index contributed by atoms with van der Waals surface area (Å²) in [5.74, 6) is 4.91. The minimum absolute atomic E-state index is 0.0367. The molecule has 0 radical (unpaired) electrons. The molecule has 6 aliphatic rings. The highest BCUT2D eigenvalue weighted by Gasteiger charge is 2.58. The van der Waals surface area contributed by atoms with E-state index in [1.54, 1.807) is 11.1 Å². The molecule has 1 aromatic rings. The third kappa shape index (κ3) is 5.80. The fourth-order valence-electron chi connectivity index (χ4n) is 11.0. The lowest BCUT2D eigenvalue weighted by Crippen LogP contribution is -2.52. The highest BCUT2D eigenvalue weighted by atomic mass is 16.5. The molecule has 2 saturated carbocycles. The van der Waals surface area contributed by atoms with Gasteiger partial charge in [-0.05, 0) is 99.0 Å². The van der Waals surface area contributed by atoms with Crippen LogP contribution in [0.15, 0.2) is 53.1 Å². The Balaban J connectivity index is 0.983. The SMILES string of the molecule is CC1=C2C[C@@H]3C4C(=CC(=O)C[C@H]4C)CC[C@H]3[C@@H]2CC[C@@]2(C1)O[C@@H]1C[C@H](C)CN(CCOCCOCc3ccccc3)[C@H]1[C@H]2C. The number of ketones is 1. The maximum atomic E-state index is 12.3. The molecule has 0 N–H and O–H groups in total. The number of likely N-dealkylation sites (tertiary alicyclic amines) is 1. The molecule has 2 saturated heterocycles. The summed E-state index contributed by atoms with van der Waals surface area (Å²) in [4.78, 5) is 15.1. The molecule has 10 atom stereocenters. The van der Waals surface area contributed by atoms with Crippen LogP contribution >= 0.6 is 0 Å². The van der Waals surface area contributed by atoms with E-state index in [0.717, 1.165) is 56.7 Å². The van der Waals surface area contributed by atoms with E-state index in [-0.39, 0.29) is 5.60 Å². The summed E-state index contributed by atoms with van der Waals surface area (Å²) < 4.78 is 19.2. The third-order valence-electron chi connectivity index (χ3n) is 12.8. The lowest BCUT2D eigenvalue weighted by atomic mass is 9.61. The molecule has 4 aliphatic carbocycles. The average Bonchev–Trinajstić information content (AvgIpc) is 3.45. The van der Waals surface area contributed by atoms with E-state index >= 15 is 0 Å². The van der Waals surface area contributed by atoms with Crippen LogP contribution in [0, 0.1) is 41.4 Å². The molecule has 2 heterocycles. The number of hydrogen-bond acceptors (Lipinski definition) is 5. The van der Waals surface area contributed by atoms with Crippen molar-refractivity contribution >= 4 is 5.78 Å². The fraction of sp³-hybridized carbons (Fsp3) is 0.718. The quantitative estimate of drug-likeness (QED) is 0.230. The van der Waals surface area contributed by atoms with Gasteiger partial charge in [0.25, 0.3) is 0 Å². The summed E-state index contributed by atoms with van der Waals surface area (Å²) in [5, 5.41) is 0. The van der Waals surface area contributed by atoms with E-state index in [2.05, 4.69) is 56.9 Å². The summed E-state index contributed by atoms with van der Waals surface area (Å²) in [6.45, 7) is 14.5. The Morgan fingerprint density at radius 2 is 1.82 bits per heavy atom. The molecule has 1 unspecified atom stereocenters. The molecule has 0 bridgehead atoms. The number of carbonyl (C=O) groups is 1. The van der Waals surface area contributed by atoms with Gasteiger partial charge in [-0.3, -0.25) is 9.69 Å². The fourth-order valence-corrected chi connectivity index (χ4v) is 11.0. The molecule has 0 amide bonds. The van der Waals surface area contributed by atoms with Gasteiger partial charge in [-0.1, -0.05) is 67.8 Å². The standard InChI is InChI=1S/C39H55NO4/c1-25-18-36-38(40(23-25)14-15-42-16-17-43-24-29-8-6-5-7-9-29)28(4)39(44-36)13-12-33-32-11-10-30-20-31(41)19-26(2)37(30)35(32)21-34(33)27(3)22-39/h5-9,20,25-26,28,32-33,35-38H,10-19,21-24H2,1-4H3/t25-,26+,28+,32-,33-,35-,36+,37?,38-,39-/m0/s1. The van der Waals surface area contributed by atoms with E-state index < -0.39 is 0 Å². The van der Waals surface area contributed by atoms with Crippen molar-refractivity contribution in [3.8, 4) is 0 Å². The first-order valence-corrected chi connectivity index (χ1v) is 17.9. The van der Waals surface area contributed by atoms with E-state index in [1.807, 2.05) is 12.1 Å². The van der Waals surface area contributed by atoms with Crippen molar-refractivity contribution in [2.45, 2.75) is 103 Å². The number of nitrogens with zero attached hydrogens (tertiary/aromatic N) is 1. The van der Waals surface area contributed by atoms with E-state index in [0.29, 0.717) is 61.4 Å². The molecule has 1 spiro atoms. The minimum atomic E-state index is -0.0367. The molecular formula is C39H55NO4. The summed E-state index contributed by atoms with van der Waals surface area (Å²) in [7, 11) is 0. The van der Waals surface area contributed by atoms with Crippen molar-refractivity contribution in [2.24, 2.45) is 41.4 Å². The van der Waals surface area contributed by atoms with Gasteiger partial charge in [0.15, 0.2) is 5.78 Å². The lowest BCUT2D eigenvalue weighted by Gasteiger charge is -2.43. The molecule has 4 fully saturated rings. The van der Waals surface area contributed by atoms with Crippen LogP contribution in [0.3, 0.4) is 0 Å². The van der Waals surface area contributed by atoms with Crippen LogP contribution in [0.1, 0.15) is 84.6 Å². The van der Waals surface area contributed by atoms with Crippen molar-refractivity contribution in [3.63, 3.8) is 0 Å². The van der Waals surface area contributed by atoms with Crippen molar-refractivity contribution in [1.82, 2.24) is 4.90 Å². The molecule has 0 aromatic heterocycles. The van der Waals surface area contributed by atoms with Crippen LogP contribution in [0.25, 0.3) is 0 Å². The van der Waals surface area contributed by atoms with Crippen LogP contribution in [0.4, 0.5) is 0 Å². The van der Waals surface area contributed by atoms with Gasteiger partial charge in [0.2, 0.25) is 0 Å². The Kier molecular flexibility index (Phi) is 8.96. The van der Waals surface area contributed by atoms with Gasteiger partial charge in [-0.2, -0.15) is 0 Å². The third-order valence-corrected chi connectivity index (χ3v) is 12.8. The Labute approximate surface area is 265 Å². The second-order valence-corrected chi connectivity index (χ2v) is 15.6. The number of hydrogen-bond donors (Lipinski definition) is 0. The van der Waals surface area contributed by atoms with Gasteiger partial charge in [-0.15, -0.1) is 0 Å². The highest BCUT2D eigenvalue weighted by Crippen LogP contribution is 2.61. The number of piperidine rings is 1. The van der Waals surface area contributed by atoms with Gasteiger partial charge < -0.3 is 14.2 Å². The van der Waals surface area contributed by atoms with Crippen molar-refractivity contribution in [3.05, 3.63) is 58.7 Å². The Hall–Kier alpha value is -1.79. The first-order chi connectivity index (χ1) is 21.3. The normalized spacial score (nSPS) is 40.3. The predicted octanol–water partition coefficient (Wildman–Crippen LogP) is 7.40. The highest BCUT2D eigenvalue weighted by molar-refractivity contribution is 5.91. The smallest absolute Gasteiger partial charge is 0.155 e. The van der Waals surface area contributed by atoms with Gasteiger partial charge >= 0.3 is 0 Å². The van der Waals surface area contributed by atoms with Crippen molar-refractivity contribution < 1.29 is 19.0 Å². The Bertz CT molecular complexity index is 1260. The zero-order valence-electron chi connectivity index (χ0n) is 27.6. The van der Waals surface area contributed by atoms with Crippen LogP contribution in [-0.2, 0) is 25.6 Å². The van der Waals surface area contributed by atoms with E-state index in [4.69, 9.17) is 14.2 Å². The maximum Gasteiger partial charge on any atom is 0.155 e. The van der Waals surface area contributed by atoms with Crippen LogP contribution in [-0.4, -0.2) is 61.3 Å². The molecule has 5 heteroatoms. The monoisotopic (exact) mass is 601 g/mol. The number of ether oxygens (including phenoxy) is 3. The molecule has 240 valence electrons. The minimum Gasteiger partial charge on any atom is -0.378 e. The lowest BCUT2D eigenvalue weighted by molar-refractivity contribution is -0.116. The maximum absolute atomic E-state index is 12.3. The van der Waals surface area contributed by atoms with Gasteiger partial charge in [0, 0.05) is 31.5 Å². The summed E-state index contributed by atoms with van der Waals surface area (Å²) >= 11 is 0. The number of fused-ring (bicyclic) bond motifs is 6. The molecule has 2 aliphatic heterocycles. The van der Waals surface area contributed by atoms with E-state index in [1.165, 1.54) is 43.2 Å². The number of rotatable bonds is 8. The van der Waals surface area contributed by atoms with Gasteiger partial charge in [-0.25, -0.2) is 0 Å². The van der Waals surface area contributed by atoms with Crippen LogP contribution in [0.5, 0.6) is 0 Å². The number of benzene rings is 1. The molecule has 7 rings (SSSR count). The second-order valence-electron chi connectivity index (χ2n) is 15.6. The van der Waals surface area contributed by atoms with Crippen molar-refractivity contribution in [2.75, 3.05) is 32.9 Å². The summed E-state index contributed by atoms with van der Waals surface area (Å²) in [6.07, 6.45) is 11.5.